The molecule has 1 heterocycles. The van der Waals surface area contributed by atoms with Gasteiger partial charge in [-0.15, -0.1) is 0 Å². The molecule has 2 unspecified atom stereocenters. The Hall–Kier alpha value is -1.20. The molecule has 1 aliphatic rings. The maximum atomic E-state index is 12.0. The van der Waals surface area contributed by atoms with Crippen LogP contribution in [0.5, 0.6) is 0 Å². The van der Waals surface area contributed by atoms with Gasteiger partial charge in [0.15, 0.2) is 0 Å². The van der Waals surface area contributed by atoms with Crippen LogP contribution in [0, 0.1) is 0 Å². The zero-order chi connectivity index (χ0) is 17.1. The lowest BCUT2D eigenvalue weighted by molar-refractivity contribution is 0.0699. The molecular formula is C18H28N2O2S. The van der Waals surface area contributed by atoms with Gasteiger partial charge in [0, 0.05) is 12.3 Å². The first-order chi connectivity index (χ1) is 10.7. The third-order valence-electron chi connectivity index (χ3n) is 4.28. The van der Waals surface area contributed by atoms with Gasteiger partial charge in [-0.1, -0.05) is 45.0 Å². The van der Waals surface area contributed by atoms with Crippen LogP contribution in [0.1, 0.15) is 51.3 Å². The SMILES string of the molecule is CC(NC(=O)NCC1(O)CCSC1)c1ccc(C(C)(C)C)cc1. The first kappa shape index (κ1) is 18.1. The zero-order valence-electron chi connectivity index (χ0n) is 14.5. The molecule has 4 nitrogen and oxygen atoms in total. The van der Waals surface area contributed by atoms with Gasteiger partial charge in [0.25, 0.3) is 0 Å². The van der Waals surface area contributed by atoms with Crippen LogP contribution in [0.15, 0.2) is 24.3 Å². The predicted molar refractivity (Wildman–Crippen MR) is 97.0 cm³/mol. The zero-order valence-corrected chi connectivity index (χ0v) is 15.3. The molecule has 23 heavy (non-hydrogen) atoms. The first-order valence-electron chi connectivity index (χ1n) is 8.15. The van der Waals surface area contributed by atoms with Crippen LogP contribution >= 0.6 is 11.8 Å². The minimum absolute atomic E-state index is 0.0726. The number of urea groups is 1. The second kappa shape index (κ2) is 7.14. The number of rotatable bonds is 4. The molecule has 0 radical (unpaired) electrons. The molecule has 1 aromatic carbocycles. The highest BCUT2D eigenvalue weighted by Crippen LogP contribution is 2.27. The molecule has 1 saturated heterocycles. The lowest BCUT2D eigenvalue weighted by Crippen LogP contribution is -2.46. The third kappa shape index (κ3) is 5.15. The smallest absolute Gasteiger partial charge is 0.315 e. The van der Waals surface area contributed by atoms with Gasteiger partial charge in [0.1, 0.15) is 0 Å². The van der Waals surface area contributed by atoms with E-state index in [1.165, 1.54) is 5.56 Å². The second-order valence-corrected chi connectivity index (χ2v) is 8.55. The van der Waals surface area contributed by atoms with E-state index in [1.807, 2.05) is 6.92 Å². The molecule has 0 bridgehead atoms. The normalized spacial score (nSPS) is 22.7. The Morgan fingerprint density at radius 1 is 1.35 bits per heavy atom. The van der Waals surface area contributed by atoms with E-state index in [0.29, 0.717) is 12.3 Å². The monoisotopic (exact) mass is 336 g/mol. The molecule has 1 aromatic rings. The molecule has 3 N–H and O–H groups in total. The van der Waals surface area contributed by atoms with E-state index in [4.69, 9.17) is 0 Å². The number of benzene rings is 1. The lowest BCUT2D eigenvalue weighted by atomic mass is 9.86. The fraction of sp³-hybridized carbons (Fsp3) is 0.611. The summed E-state index contributed by atoms with van der Waals surface area (Å²) in [7, 11) is 0. The molecule has 0 aromatic heterocycles. The van der Waals surface area contributed by atoms with Gasteiger partial charge in [-0.2, -0.15) is 11.8 Å². The van der Waals surface area contributed by atoms with Crippen molar-refractivity contribution in [1.82, 2.24) is 10.6 Å². The van der Waals surface area contributed by atoms with Gasteiger partial charge in [-0.3, -0.25) is 0 Å². The van der Waals surface area contributed by atoms with Crippen molar-refractivity contribution < 1.29 is 9.90 Å². The average molecular weight is 337 g/mol. The van der Waals surface area contributed by atoms with Crippen LogP contribution in [0.25, 0.3) is 0 Å². The number of carbonyl (C=O) groups is 1. The molecule has 1 fully saturated rings. The topological polar surface area (TPSA) is 61.4 Å². The standard InChI is InChI=1S/C18H28N2O2S/c1-13(14-5-7-15(8-6-14)17(2,3)4)20-16(21)19-11-18(22)9-10-23-12-18/h5-8,13,22H,9-12H2,1-4H3,(H2,19,20,21). The summed E-state index contributed by atoms with van der Waals surface area (Å²) < 4.78 is 0. The van der Waals surface area contributed by atoms with Crippen molar-refractivity contribution in [3.05, 3.63) is 35.4 Å². The van der Waals surface area contributed by atoms with Crippen LogP contribution in [0.2, 0.25) is 0 Å². The van der Waals surface area contributed by atoms with Gasteiger partial charge >= 0.3 is 6.03 Å². The van der Waals surface area contributed by atoms with Crippen LogP contribution < -0.4 is 10.6 Å². The molecule has 5 heteroatoms. The summed E-state index contributed by atoms with van der Waals surface area (Å²) in [5.41, 5.74) is 1.73. The van der Waals surface area contributed by atoms with E-state index in [1.54, 1.807) is 11.8 Å². The van der Waals surface area contributed by atoms with Crippen molar-refractivity contribution in [2.24, 2.45) is 0 Å². The first-order valence-corrected chi connectivity index (χ1v) is 9.30. The van der Waals surface area contributed by atoms with Crippen molar-refractivity contribution in [3.63, 3.8) is 0 Å². The van der Waals surface area contributed by atoms with Crippen LogP contribution in [0.4, 0.5) is 4.79 Å². The Kier molecular flexibility index (Phi) is 5.63. The molecule has 2 amide bonds. The number of carbonyl (C=O) groups excluding carboxylic acids is 1. The fourth-order valence-corrected chi connectivity index (χ4v) is 3.88. The van der Waals surface area contributed by atoms with E-state index in [0.717, 1.165) is 17.7 Å². The summed E-state index contributed by atoms with van der Waals surface area (Å²) in [4.78, 5) is 12.0. The van der Waals surface area contributed by atoms with Gasteiger partial charge in [-0.05, 0) is 35.6 Å². The summed E-state index contributed by atoms with van der Waals surface area (Å²) in [5, 5.41) is 16.0. The molecule has 0 spiro atoms. The van der Waals surface area contributed by atoms with Crippen molar-refractivity contribution >= 4 is 17.8 Å². The summed E-state index contributed by atoms with van der Waals surface area (Å²) in [6.07, 6.45) is 0.738. The molecule has 2 rings (SSSR count). The van der Waals surface area contributed by atoms with Crippen LogP contribution in [-0.4, -0.2) is 34.8 Å². The van der Waals surface area contributed by atoms with Crippen LogP contribution in [0.3, 0.4) is 0 Å². The maximum Gasteiger partial charge on any atom is 0.315 e. The number of nitrogens with one attached hydrogen (secondary N) is 2. The van der Waals surface area contributed by atoms with E-state index in [-0.39, 0.29) is 17.5 Å². The largest absolute Gasteiger partial charge is 0.387 e. The Bertz CT molecular complexity index is 531. The number of amides is 2. The van der Waals surface area contributed by atoms with E-state index in [2.05, 4.69) is 55.7 Å². The van der Waals surface area contributed by atoms with Crippen molar-refractivity contribution in [2.75, 3.05) is 18.1 Å². The third-order valence-corrected chi connectivity index (χ3v) is 5.52. The summed E-state index contributed by atoms with van der Waals surface area (Å²) in [5.74, 6) is 1.65. The van der Waals surface area contributed by atoms with Crippen molar-refractivity contribution in [2.45, 2.75) is 51.2 Å². The summed E-state index contributed by atoms with van der Waals surface area (Å²) >= 11 is 1.72. The van der Waals surface area contributed by atoms with Gasteiger partial charge in [0.2, 0.25) is 0 Å². The fourth-order valence-electron chi connectivity index (χ4n) is 2.58. The highest BCUT2D eigenvalue weighted by Gasteiger charge is 2.32. The number of aliphatic hydroxyl groups is 1. The van der Waals surface area contributed by atoms with E-state index >= 15 is 0 Å². The number of hydrogen-bond acceptors (Lipinski definition) is 3. The Balaban J connectivity index is 1.85. The molecule has 2 atom stereocenters. The average Bonchev–Trinajstić information content (AvgIpc) is 2.92. The Morgan fingerprint density at radius 3 is 2.52 bits per heavy atom. The molecule has 0 aliphatic carbocycles. The molecule has 0 saturated carbocycles. The molecular weight excluding hydrogens is 308 g/mol. The Labute approximate surface area is 143 Å². The lowest BCUT2D eigenvalue weighted by Gasteiger charge is -2.23. The van der Waals surface area contributed by atoms with E-state index < -0.39 is 5.60 Å². The van der Waals surface area contributed by atoms with Gasteiger partial charge in [-0.25, -0.2) is 4.79 Å². The minimum Gasteiger partial charge on any atom is -0.387 e. The predicted octanol–water partition coefficient (Wildman–Crippen LogP) is 3.21. The van der Waals surface area contributed by atoms with Crippen LogP contribution in [-0.2, 0) is 5.41 Å². The quantitative estimate of drug-likeness (QED) is 0.791. The van der Waals surface area contributed by atoms with Gasteiger partial charge in [0.05, 0.1) is 11.6 Å². The molecule has 1 aliphatic heterocycles. The van der Waals surface area contributed by atoms with Crippen molar-refractivity contribution in [3.8, 4) is 0 Å². The number of thioether (sulfide) groups is 1. The second-order valence-electron chi connectivity index (χ2n) is 7.45. The highest BCUT2D eigenvalue weighted by atomic mass is 32.2. The highest BCUT2D eigenvalue weighted by molar-refractivity contribution is 7.99. The molecule has 128 valence electrons. The Morgan fingerprint density at radius 2 is 2.00 bits per heavy atom. The number of hydrogen-bond donors (Lipinski definition) is 3. The van der Waals surface area contributed by atoms with Gasteiger partial charge < -0.3 is 15.7 Å². The summed E-state index contributed by atoms with van der Waals surface area (Å²) in [6.45, 7) is 8.82. The summed E-state index contributed by atoms with van der Waals surface area (Å²) in [6, 6.07) is 8.05. The van der Waals surface area contributed by atoms with Crippen molar-refractivity contribution in [1.29, 1.82) is 0 Å². The minimum atomic E-state index is -0.750. The van der Waals surface area contributed by atoms with E-state index in [9.17, 15) is 9.90 Å². The maximum absolute atomic E-state index is 12.0.